The summed E-state index contributed by atoms with van der Waals surface area (Å²) in [4.78, 5) is 26.6. The summed E-state index contributed by atoms with van der Waals surface area (Å²) in [6.07, 6.45) is 0. The zero-order valence-corrected chi connectivity index (χ0v) is 11.0. The molecule has 20 heavy (non-hydrogen) atoms. The zero-order chi connectivity index (χ0) is 14.5. The normalized spacial score (nSPS) is 9.90. The van der Waals surface area contributed by atoms with Crippen LogP contribution in [0.4, 0.5) is 5.88 Å². The van der Waals surface area contributed by atoms with Gasteiger partial charge in [-0.3, -0.25) is 15.6 Å². The van der Waals surface area contributed by atoms with Gasteiger partial charge < -0.3 is 9.15 Å². The lowest BCUT2D eigenvalue weighted by Gasteiger charge is -2.03. The van der Waals surface area contributed by atoms with Crippen molar-refractivity contribution in [3.8, 4) is 11.5 Å². The molecule has 7 heteroatoms. The summed E-state index contributed by atoms with van der Waals surface area (Å²) in [7, 11) is 1.24. The molecule has 7 nitrogen and oxygen atoms in total. The molecule has 0 bridgehead atoms. The summed E-state index contributed by atoms with van der Waals surface area (Å²) < 4.78 is 10.1. The smallest absolute Gasteiger partial charge is 0.362 e. The number of amides is 1. The Morgan fingerprint density at radius 2 is 1.95 bits per heavy atom. The number of anilines is 1. The van der Waals surface area contributed by atoms with Gasteiger partial charge in [-0.25, -0.2) is 4.79 Å². The molecule has 0 aliphatic rings. The van der Waals surface area contributed by atoms with E-state index in [1.807, 2.05) is 18.2 Å². The molecule has 0 spiro atoms. The molecular formula is C13H13N3O4. The summed E-state index contributed by atoms with van der Waals surface area (Å²) in [6, 6.07) is 9.06. The van der Waals surface area contributed by atoms with Gasteiger partial charge in [0.2, 0.25) is 23.4 Å². The quantitative estimate of drug-likeness (QED) is 0.650. The number of carbonyl (C=O) groups is 2. The van der Waals surface area contributed by atoms with Gasteiger partial charge in [-0.2, -0.15) is 4.98 Å². The second kappa shape index (κ2) is 5.87. The van der Waals surface area contributed by atoms with E-state index >= 15 is 0 Å². The van der Waals surface area contributed by atoms with E-state index < -0.39 is 5.97 Å². The monoisotopic (exact) mass is 275 g/mol. The molecule has 0 atom stereocenters. The summed E-state index contributed by atoms with van der Waals surface area (Å²) >= 11 is 0. The number of hydrogen-bond acceptors (Lipinski definition) is 6. The lowest BCUT2D eigenvalue weighted by atomic mass is 10.2. The second-order valence-corrected chi connectivity index (χ2v) is 3.86. The van der Waals surface area contributed by atoms with E-state index in [0.717, 1.165) is 0 Å². The van der Waals surface area contributed by atoms with Gasteiger partial charge in [-0.15, -0.1) is 0 Å². The Hall–Kier alpha value is -2.83. The predicted octanol–water partition coefficient (Wildman–Crippen LogP) is 1.59. The van der Waals surface area contributed by atoms with Gasteiger partial charge in [0.15, 0.2) is 0 Å². The SMILES string of the molecule is COC(=O)c1nc(-c2ccccc2)oc1NNC(C)=O. The Labute approximate surface area is 114 Å². The number of aromatic nitrogens is 1. The topological polar surface area (TPSA) is 93.5 Å². The number of hydrogen-bond donors (Lipinski definition) is 2. The Kier molecular flexibility index (Phi) is 3.99. The number of nitrogens with zero attached hydrogens (tertiary/aromatic N) is 1. The van der Waals surface area contributed by atoms with Gasteiger partial charge in [0.25, 0.3) is 0 Å². The van der Waals surface area contributed by atoms with E-state index in [4.69, 9.17) is 4.42 Å². The molecule has 0 fully saturated rings. The largest absolute Gasteiger partial charge is 0.464 e. The fourth-order valence-corrected chi connectivity index (χ4v) is 1.49. The van der Waals surface area contributed by atoms with Crippen LogP contribution in [0.1, 0.15) is 17.4 Å². The van der Waals surface area contributed by atoms with Crippen LogP contribution in [-0.4, -0.2) is 24.0 Å². The number of oxazole rings is 1. The Morgan fingerprint density at radius 3 is 2.55 bits per heavy atom. The van der Waals surface area contributed by atoms with Crippen LogP contribution in [0.3, 0.4) is 0 Å². The first kappa shape index (κ1) is 13.6. The minimum atomic E-state index is -0.663. The number of benzene rings is 1. The van der Waals surface area contributed by atoms with Gasteiger partial charge >= 0.3 is 5.97 Å². The van der Waals surface area contributed by atoms with Crippen molar-refractivity contribution >= 4 is 17.8 Å². The third kappa shape index (κ3) is 2.94. The van der Waals surface area contributed by atoms with Crippen LogP contribution in [-0.2, 0) is 9.53 Å². The second-order valence-electron chi connectivity index (χ2n) is 3.86. The molecule has 1 amide bonds. The van der Waals surface area contributed by atoms with Crippen molar-refractivity contribution < 1.29 is 18.7 Å². The molecule has 0 aliphatic carbocycles. The lowest BCUT2D eigenvalue weighted by molar-refractivity contribution is -0.118. The molecule has 0 radical (unpaired) electrons. The van der Waals surface area contributed by atoms with Crippen molar-refractivity contribution in [2.75, 3.05) is 12.5 Å². The van der Waals surface area contributed by atoms with Gasteiger partial charge in [0.05, 0.1) is 7.11 Å². The highest BCUT2D eigenvalue weighted by atomic mass is 16.5. The molecule has 1 aromatic heterocycles. The van der Waals surface area contributed by atoms with E-state index in [1.165, 1.54) is 14.0 Å². The van der Waals surface area contributed by atoms with Crippen LogP contribution < -0.4 is 10.9 Å². The molecule has 1 heterocycles. The highest BCUT2D eigenvalue weighted by Gasteiger charge is 2.21. The van der Waals surface area contributed by atoms with Crippen molar-refractivity contribution in [1.82, 2.24) is 10.4 Å². The van der Waals surface area contributed by atoms with Crippen molar-refractivity contribution in [3.05, 3.63) is 36.0 Å². The maximum atomic E-state index is 11.6. The summed E-state index contributed by atoms with van der Waals surface area (Å²) in [5, 5.41) is 0. The fourth-order valence-electron chi connectivity index (χ4n) is 1.49. The van der Waals surface area contributed by atoms with Crippen molar-refractivity contribution in [2.24, 2.45) is 0 Å². The lowest BCUT2D eigenvalue weighted by Crippen LogP contribution is -2.27. The highest BCUT2D eigenvalue weighted by Crippen LogP contribution is 2.25. The predicted molar refractivity (Wildman–Crippen MR) is 70.7 cm³/mol. The first-order valence-electron chi connectivity index (χ1n) is 5.79. The molecule has 0 aliphatic heterocycles. The molecule has 0 saturated carbocycles. The van der Waals surface area contributed by atoms with Gasteiger partial charge in [0.1, 0.15) is 0 Å². The van der Waals surface area contributed by atoms with Crippen LogP contribution in [0.25, 0.3) is 11.5 Å². The molecule has 2 rings (SSSR count). The van der Waals surface area contributed by atoms with E-state index in [9.17, 15) is 9.59 Å². The number of hydrazine groups is 1. The van der Waals surface area contributed by atoms with Gasteiger partial charge in [0, 0.05) is 12.5 Å². The van der Waals surface area contributed by atoms with Crippen LogP contribution in [0.15, 0.2) is 34.7 Å². The third-order valence-corrected chi connectivity index (χ3v) is 2.38. The molecule has 1 aromatic carbocycles. The number of methoxy groups -OCH3 is 1. The fraction of sp³-hybridized carbons (Fsp3) is 0.154. The maximum absolute atomic E-state index is 11.6. The molecular weight excluding hydrogens is 262 g/mol. The van der Waals surface area contributed by atoms with E-state index in [1.54, 1.807) is 12.1 Å². The van der Waals surface area contributed by atoms with Crippen LogP contribution in [0.5, 0.6) is 0 Å². The molecule has 0 unspecified atom stereocenters. The molecule has 2 aromatic rings. The minimum Gasteiger partial charge on any atom is -0.464 e. The van der Waals surface area contributed by atoms with Crippen LogP contribution in [0, 0.1) is 0 Å². The van der Waals surface area contributed by atoms with Crippen molar-refractivity contribution in [3.63, 3.8) is 0 Å². The number of carbonyl (C=O) groups excluding carboxylic acids is 2. The highest BCUT2D eigenvalue weighted by molar-refractivity contribution is 5.93. The number of rotatable bonds is 4. The van der Waals surface area contributed by atoms with Gasteiger partial charge in [-0.1, -0.05) is 18.2 Å². The average Bonchev–Trinajstić information content (AvgIpc) is 2.89. The standard InChI is InChI=1S/C13H13N3O4/c1-8(17)15-16-12-10(13(18)19-2)14-11(20-12)9-6-4-3-5-7-9/h3-7,16H,1-2H3,(H,15,17). The van der Waals surface area contributed by atoms with E-state index in [2.05, 4.69) is 20.6 Å². The number of ether oxygens (including phenoxy) is 1. The average molecular weight is 275 g/mol. The Bertz CT molecular complexity index is 622. The first-order valence-corrected chi connectivity index (χ1v) is 5.79. The Morgan fingerprint density at radius 1 is 1.25 bits per heavy atom. The summed E-state index contributed by atoms with van der Waals surface area (Å²) in [5.41, 5.74) is 5.46. The van der Waals surface area contributed by atoms with Crippen molar-refractivity contribution in [1.29, 1.82) is 0 Å². The van der Waals surface area contributed by atoms with Crippen LogP contribution in [0.2, 0.25) is 0 Å². The molecule has 2 N–H and O–H groups in total. The van der Waals surface area contributed by atoms with Crippen molar-refractivity contribution in [2.45, 2.75) is 6.92 Å². The summed E-state index contributed by atoms with van der Waals surface area (Å²) in [6.45, 7) is 1.32. The van der Waals surface area contributed by atoms with Crippen LogP contribution >= 0.6 is 0 Å². The van der Waals surface area contributed by atoms with E-state index in [0.29, 0.717) is 5.56 Å². The Balaban J connectivity index is 2.36. The number of nitrogens with one attached hydrogen (secondary N) is 2. The molecule has 0 saturated heterocycles. The number of esters is 1. The first-order chi connectivity index (χ1) is 9.61. The van der Waals surface area contributed by atoms with E-state index in [-0.39, 0.29) is 23.4 Å². The molecule has 104 valence electrons. The zero-order valence-electron chi connectivity index (χ0n) is 11.0. The maximum Gasteiger partial charge on any atom is 0.362 e. The third-order valence-electron chi connectivity index (χ3n) is 2.38. The van der Waals surface area contributed by atoms with Gasteiger partial charge in [-0.05, 0) is 12.1 Å². The summed E-state index contributed by atoms with van der Waals surface area (Å²) in [5.74, 6) is -0.730. The minimum absolute atomic E-state index is 0.0194.